The first-order chi connectivity index (χ1) is 8.29. The summed E-state index contributed by atoms with van der Waals surface area (Å²) in [6.07, 6.45) is 0.145. The minimum Gasteiger partial charge on any atom is -0.466 e. The standard InChI is InChI=1S/C12H22N2O4/c1-5-18-12(17)8(4)6-9(10(13)15)14-11(16)7(2)3/h7-9H,5-6H2,1-4H3,(H2,13,15)(H,14,16)/t8-,9+/m1/s1. The molecule has 6 nitrogen and oxygen atoms in total. The van der Waals surface area contributed by atoms with Crippen molar-refractivity contribution < 1.29 is 19.1 Å². The molecule has 0 aromatic rings. The molecule has 3 N–H and O–H groups in total. The topological polar surface area (TPSA) is 98.5 Å². The number of esters is 1. The van der Waals surface area contributed by atoms with Crippen molar-refractivity contribution >= 4 is 17.8 Å². The predicted molar refractivity (Wildman–Crippen MR) is 66.4 cm³/mol. The second-order valence-electron chi connectivity index (χ2n) is 4.51. The quantitative estimate of drug-likeness (QED) is 0.637. The molecule has 104 valence electrons. The fourth-order valence-electron chi connectivity index (χ4n) is 1.32. The number of amides is 2. The highest BCUT2D eigenvalue weighted by Crippen LogP contribution is 2.09. The van der Waals surface area contributed by atoms with Gasteiger partial charge in [0.2, 0.25) is 11.8 Å². The van der Waals surface area contributed by atoms with Gasteiger partial charge in [0.15, 0.2) is 0 Å². The van der Waals surface area contributed by atoms with E-state index in [9.17, 15) is 14.4 Å². The van der Waals surface area contributed by atoms with Crippen molar-refractivity contribution in [2.24, 2.45) is 17.6 Å². The van der Waals surface area contributed by atoms with Crippen LogP contribution in [0.1, 0.15) is 34.1 Å². The number of hydrogen-bond acceptors (Lipinski definition) is 4. The Hall–Kier alpha value is -1.59. The Morgan fingerprint density at radius 3 is 2.17 bits per heavy atom. The van der Waals surface area contributed by atoms with Crippen LogP contribution in [0.25, 0.3) is 0 Å². The van der Waals surface area contributed by atoms with E-state index in [0.29, 0.717) is 0 Å². The second-order valence-corrected chi connectivity index (χ2v) is 4.51. The monoisotopic (exact) mass is 258 g/mol. The van der Waals surface area contributed by atoms with Crippen LogP contribution in [-0.4, -0.2) is 30.4 Å². The van der Waals surface area contributed by atoms with Crippen LogP contribution in [-0.2, 0) is 19.1 Å². The van der Waals surface area contributed by atoms with Gasteiger partial charge in [-0.05, 0) is 13.3 Å². The maximum Gasteiger partial charge on any atom is 0.308 e. The third-order valence-corrected chi connectivity index (χ3v) is 2.46. The Morgan fingerprint density at radius 1 is 1.22 bits per heavy atom. The van der Waals surface area contributed by atoms with E-state index in [0.717, 1.165) is 0 Å². The highest BCUT2D eigenvalue weighted by Gasteiger charge is 2.25. The van der Waals surface area contributed by atoms with Gasteiger partial charge in [-0.15, -0.1) is 0 Å². The molecule has 0 rings (SSSR count). The van der Waals surface area contributed by atoms with Crippen LogP contribution in [0.5, 0.6) is 0 Å². The summed E-state index contributed by atoms with van der Waals surface area (Å²) in [7, 11) is 0. The van der Waals surface area contributed by atoms with Gasteiger partial charge in [-0.25, -0.2) is 0 Å². The van der Waals surface area contributed by atoms with Crippen molar-refractivity contribution in [3.63, 3.8) is 0 Å². The fraction of sp³-hybridized carbons (Fsp3) is 0.750. The SMILES string of the molecule is CCOC(=O)[C@H](C)C[C@H](NC(=O)C(C)C)C(N)=O. The molecule has 0 radical (unpaired) electrons. The summed E-state index contributed by atoms with van der Waals surface area (Å²) in [5.41, 5.74) is 5.20. The summed E-state index contributed by atoms with van der Waals surface area (Å²) < 4.78 is 4.83. The van der Waals surface area contributed by atoms with Crippen LogP contribution < -0.4 is 11.1 Å². The third-order valence-electron chi connectivity index (χ3n) is 2.46. The zero-order valence-electron chi connectivity index (χ0n) is 11.4. The lowest BCUT2D eigenvalue weighted by atomic mass is 10.0. The van der Waals surface area contributed by atoms with Crippen LogP contribution in [0.4, 0.5) is 0 Å². The first-order valence-corrected chi connectivity index (χ1v) is 6.05. The largest absolute Gasteiger partial charge is 0.466 e. The number of ether oxygens (including phenoxy) is 1. The number of rotatable bonds is 7. The summed E-state index contributed by atoms with van der Waals surface area (Å²) in [5, 5.41) is 2.52. The van der Waals surface area contributed by atoms with Gasteiger partial charge in [0.25, 0.3) is 0 Å². The predicted octanol–water partition coefficient (Wildman–Crippen LogP) is 0.202. The number of nitrogens with two attached hydrogens (primary N) is 1. The summed E-state index contributed by atoms with van der Waals surface area (Å²) in [6, 6.07) is -0.848. The van der Waals surface area contributed by atoms with E-state index in [1.807, 2.05) is 0 Å². The number of nitrogens with one attached hydrogen (secondary N) is 1. The van der Waals surface area contributed by atoms with E-state index >= 15 is 0 Å². The normalized spacial score (nSPS) is 13.8. The maximum atomic E-state index is 11.5. The molecule has 0 fully saturated rings. The van der Waals surface area contributed by atoms with E-state index in [-0.39, 0.29) is 24.9 Å². The molecule has 0 aromatic heterocycles. The maximum absolute atomic E-state index is 11.5. The molecule has 0 spiro atoms. The molecule has 18 heavy (non-hydrogen) atoms. The van der Waals surface area contributed by atoms with E-state index in [1.54, 1.807) is 27.7 Å². The van der Waals surface area contributed by atoms with E-state index < -0.39 is 23.8 Å². The van der Waals surface area contributed by atoms with Crippen molar-refractivity contribution in [3.05, 3.63) is 0 Å². The van der Waals surface area contributed by atoms with E-state index in [1.165, 1.54) is 0 Å². The number of primary amides is 1. The minimum atomic E-state index is -0.848. The third kappa shape index (κ3) is 5.65. The molecule has 6 heteroatoms. The fourth-order valence-corrected chi connectivity index (χ4v) is 1.32. The lowest BCUT2D eigenvalue weighted by Gasteiger charge is -2.19. The highest BCUT2D eigenvalue weighted by atomic mass is 16.5. The Balaban J connectivity index is 4.49. The summed E-state index contributed by atoms with van der Waals surface area (Å²) in [4.78, 5) is 34.2. The summed E-state index contributed by atoms with van der Waals surface area (Å²) in [6.45, 7) is 7.04. The Kier molecular flexibility index (Phi) is 7.00. The van der Waals surface area contributed by atoms with Crippen molar-refractivity contribution in [1.29, 1.82) is 0 Å². The van der Waals surface area contributed by atoms with Gasteiger partial charge in [0.05, 0.1) is 12.5 Å². The summed E-state index contributed by atoms with van der Waals surface area (Å²) in [5.74, 6) is -2.06. The number of carbonyl (C=O) groups is 3. The molecule has 0 unspecified atom stereocenters. The molecule has 0 aromatic carbocycles. The minimum absolute atomic E-state index is 0.145. The van der Waals surface area contributed by atoms with Crippen molar-refractivity contribution in [2.75, 3.05) is 6.61 Å². The van der Waals surface area contributed by atoms with Gasteiger partial charge in [-0.3, -0.25) is 14.4 Å². The second kappa shape index (κ2) is 7.68. The molecule has 0 bridgehead atoms. The van der Waals surface area contributed by atoms with Gasteiger partial charge in [0, 0.05) is 5.92 Å². The van der Waals surface area contributed by atoms with Crippen molar-refractivity contribution in [2.45, 2.75) is 40.2 Å². The van der Waals surface area contributed by atoms with Gasteiger partial charge in [-0.2, -0.15) is 0 Å². The number of hydrogen-bond donors (Lipinski definition) is 2. The highest BCUT2D eigenvalue weighted by molar-refractivity contribution is 5.87. The first kappa shape index (κ1) is 16.4. The zero-order valence-corrected chi connectivity index (χ0v) is 11.4. The van der Waals surface area contributed by atoms with Crippen LogP contribution in [0, 0.1) is 11.8 Å². The molecule has 0 aliphatic carbocycles. The van der Waals surface area contributed by atoms with Gasteiger partial charge in [-0.1, -0.05) is 20.8 Å². The number of carbonyl (C=O) groups excluding carboxylic acids is 3. The molecule has 0 aliphatic rings. The molecule has 0 heterocycles. The van der Waals surface area contributed by atoms with Crippen LogP contribution in [0.3, 0.4) is 0 Å². The van der Waals surface area contributed by atoms with Crippen LogP contribution >= 0.6 is 0 Å². The lowest BCUT2D eigenvalue weighted by molar-refractivity contribution is -0.148. The van der Waals surface area contributed by atoms with Crippen molar-refractivity contribution in [1.82, 2.24) is 5.32 Å². The molecular weight excluding hydrogens is 236 g/mol. The molecule has 2 atom stereocenters. The molecule has 0 saturated heterocycles. The lowest BCUT2D eigenvalue weighted by Crippen LogP contribution is -2.47. The molecule has 0 saturated carbocycles. The zero-order chi connectivity index (χ0) is 14.3. The van der Waals surface area contributed by atoms with E-state index in [2.05, 4.69) is 5.32 Å². The first-order valence-electron chi connectivity index (χ1n) is 6.05. The smallest absolute Gasteiger partial charge is 0.308 e. The molecular formula is C12H22N2O4. The average Bonchev–Trinajstić information content (AvgIpc) is 2.27. The molecule has 2 amide bonds. The van der Waals surface area contributed by atoms with Gasteiger partial charge >= 0.3 is 5.97 Å². The van der Waals surface area contributed by atoms with Crippen LogP contribution in [0.15, 0.2) is 0 Å². The average molecular weight is 258 g/mol. The van der Waals surface area contributed by atoms with E-state index in [4.69, 9.17) is 10.5 Å². The molecule has 0 aliphatic heterocycles. The van der Waals surface area contributed by atoms with Crippen molar-refractivity contribution in [3.8, 4) is 0 Å². The Morgan fingerprint density at radius 2 is 1.78 bits per heavy atom. The summed E-state index contributed by atoms with van der Waals surface area (Å²) >= 11 is 0. The van der Waals surface area contributed by atoms with Gasteiger partial charge < -0.3 is 15.8 Å². The van der Waals surface area contributed by atoms with Gasteiger partial charge in [0.1, 0.15) is 6.04 Å². The van der Waals surface area contributed by atoms with Crippen LogP contribution in [0.2, 0.25) is 0 Å². The Labute approximate surface area is 107 Å². The Bertz CT molecular complexity index is 315.